The molecule has 0 bridgehead atoms. The Bertz CT molecular complexity index is 761. The van der Waals surface area contributed by atoms with Crippen LogP contribution in [0.4, 0.5) is 0 Å². The van der Waals surface area contributed by atoms with Crippen LogP contribution in [0.2, 0.25) is 0 Å². The van der Waals surface area contributed by atoms with Crippen molar-refractivity contribution in [1.82, 2.24) is 0 Å². The fourth-order valence-corrected chi connectivity index (χ4v) is 4.30. The van der Waals surface area contributed by atoms with Crippen LogP contribution < -0.4 is 4.74 Å². The Labute approximate surface area is 156 Å². The predicted molar refractivity (Wildman–Crippen MR) is 105 cm³/mol. The summed E-state index contributed by atoms with van der Waals surface area (Å²) in [5.74, 6) is 1.80. The topological polar surface area (TPSA) is 49.7 Å². The summed E-state index contributed by atoms with van der Waals surface area (Å²) in [7, 11) is 1.67. The maximum atomic E-state index is 10.5. The van der Waals surface area contributed by atoms with E-state index in [4.69, 9.17) is 4.74 Å². The number of aliphatic hydroxyl groups is 1. The molecular weight excluding hydrogens is 324 g/mol. The highest BCUT2D eigenvalue weighted by atomic mass is 16.5. The molecule has 3 atom stereocenters. The van der Waals surface area contributed by atoms with Crippen molar-refractivity contribution in [2.45, 2.75) is 32.1 Å². The standard InChI is InChI=1S/C23H28O3/c1-4-17-13-19(18-5-11-22(26-3)12-6-18)14-23(15-24,16(17)2)20-7-9-21(25)10-8-20/h5-13,16-17,24-25H,4,14-15H2,1-3H3. The third kappa shape index (κ3) is 3.24. The van der Waals surface area contributed by atoms with E-state index in [9.17, 15) is 10.2 Å². The third-order valence-electron chi connectivity index (χ3n) is 6.09. The first-order chi connectivity index (χ1) is 12.5. The van der Waals surface area contributed by atoms with Crippen molar-refractivity contribution in [3.05, 3.63) is 65.7 Å². The van der Waals surface area contributed by atoms with E-state index < -0.39 is 0 Å². The molecule has 3 heteroatoms. The highest BCUT2D eigenvalue weighted by Gasteiger charge is 2.43. The van der Waals surface area contributed by atoms with Crippen molar-refractivity contribution in [2.24, 2.45) is 11.8 Å². The molecule has 2 aromatic carbocycles. The van der Waals surface area contributed by atoms with Crippen LogP contribution in [0.15, 0.2) is 54.6 Å². The number of hydrogen-bond donors (Lipinski definition) is 2. The first-order valence-electron chi connectivity index (χ1n) is 9.29. The summed E-state index contributed by atoms with van der Waals surface area (Å²) in [6.45, 7) is 4.52. The summed E-state index contributed by atoms with van der Waals surface area (Å²) >= 11 is 0. The van der Waals surface area contributed by atoms with Gasteiger partial charge < -0.3 is 14.9 Å². The number of phenols is 1. The van der Waals surface area contributed by atoms with Crippen molar-refractivity contribution in [3.8, 4) is 11.5 Å². The maximum Gasteiger partial charge on any atom is 0.118 e. The molecule has 0 saturated carbocycles. The smallest absolute Gasteiger partial charge is 0.118 e. The normalized spacial score (nSPS) is 25.6. The molecule has 26 heavy (non-hydrogen) atoms. The van der Waals surface area contributed by atoms with Gasteiger partial charge in [0, 0.05) is 5.41 Å². The van der Waals surface area contributed by atoms with Gasteiger partial charge in [0.15, 0.2) is 0 Å². The Morgan fingerprint density at radius 3 is 2.27 bits per heavy atom. The molecule has 0 fully saturated rings. The van der Waals surface area contributed by atoms with Crippen LogP contribution in [0.1, 0.15) is 37.8 Å². The van der Waals surface area contributed by atoms with Gasteiger partial charge in [-0.3, -0.25) is 0 Å². The number of benzene rings is 2. The summed E-state index contributed by atoms with van der Waals surface area (Å²) in [4.78, 5) is 0. The lowest BCUT2D eigenvalue weighted by molar-refractivity contribution is 0.115. The summed E-state index contributed by atoms with van der Waals surface area (Å²) in [6.07, 6.45) is 4.18. The minimum atomic E-state index is -0.349. The number of rotatable bonds is 5. The van der Waals surface area contributed by atoms with Crippen molar-refractivity contribution in [2.75, 3.05) is 13.7 Å². The number of hydrogen-bond acceptors (Lipinski definition) is 3. The number of allylic oxidation sites excluding steroid dienone is 2. The monoisotopic (exact) mass is 352 g/mol. The molecule has 0 amide bonds. The maximum absolute atomic E-state index is 10.5. The Hall–Kier alpha value is -2.26. The van der Waals surface area contributed by atoms with Crippen molar-refractivity contribution in [3.63, 3.8) is 0 Å². The lowest BCUT2D eigenvalue weighted by atomic mass is 9.59. The van der Waals surface area contributed by atoms with Crippen LogP contribution in [-0.2, 0) is 5.41 Å². The largest absolute Gasteiger partial charge is 0.508 e. The van der Waals surface area contributed by atoms with E-state index in [1.54, 1.807) is 19.2 Å². The van der Waals surface area contributed by atoms with E-state index in [0.717, 1.165) is 24.2 Å². The summed E-state index contributed by atoms with van der Waals surface area (Å²) in [5.41, 5.74) is 3.17. The van der Waals surface area contributed by atoms with E-state index >= 15 is 0 Å². The second kappa shape index (κ2) is 7.55. The first-order valence-corrected chi connectivity index (χ1v) is 9.29. The molecule has 138 valence electrons. The SMILES string of the molecule is CCC1C=C(c2ccc(OC)cc2)CC(CO)(c2ccc(O)cc2)C1C. The van der Waals surface area contributed by atoms with E-state index in [2.05, 4.69) is 32.1 Å². The lowest BCUT2D eigenvalue weighted by Crippen LogP contribution is -2.43. The second-order valence-electron chi connectivity index (χ2n) is 7.32. The van der Waals surface area contributed by atoms with Gasteiger partial charge in [-0.25, -0.2) is 0 Å². The van der Waals surface area contributed by atoms with Crippen LogP contribution in [0, 0.1) is 11.8 Å². The first kappa shape index (κ1) is 18.5. The number of methoxy groups -OCH3 is 1. The highest BCUT2D eigenvalue weighted by molar-refractivity contribution is 5.69. The summed E-state index contributed by atoms with van der Waals surface area (Å²) in [5, 5.41) is 20.2. The van der Waals surface area contributed by atoms with E-state index in [-0.39, 0.29) is 17.8 Å². The molecule has 0 radical (unpaired) electrons. The average molecular weight is 352 g/mol. The van der Waals surface area contributed by atoms with Crippen LogP contribution in [-0.4, -0.2) is 23.9 Å². The fraction of sp³-hybridized carbons (Fsp3) is 0.391. The van der Waals surface area contributed by atoms with Crippen molar-refractivity contribution >= 4 is 5.57 Å². The predicted octanol–water partition coefficient (Wildman–Crippen LogP) is 4.78. The second-order valence-corrected chi connectivity index (χ2v) is 7.32. The number of phenolic OH excluding ortho intramolecular Hbond substituents is 1. The minimum absolute atomic E-state index is 0.0862. The van der Waals surface area contributed by atoms with Crippen LogP contribution in [0.3, 0.4) is 0 Å². The van der Waals surface area contributed by atoms with Crippen LogP contribution >= 0.6 is 0 Å². The summed E-state index contributed by atoms with van der Waals surface area (Å²) in [6, 6.07) is 15.5. The van der Waals surface area contributed by atoms with Gasteiger partial charge in [0.2, 0.25) is 0 Å². The molecule has 0 aromatic heterocycles. The lowest BCUT2D eigenvalue weighted by Gasteiger charge is -2.45. The zero-order valence-electron chi connectivity index (χ0n) is 15.8. The zero-order valence-corrected chi connectivity index (χ0v) is 15.8. The Kier molecular flexibility index (Phi) is 5.38. The number of ether oxygens (including phenoxy) is 1. The van der Waals surface area contributed by atoms with Crippen molar-refractivity contribution < 1.29 is 14.9 Å². The van der Waals surface area contributed by atoms with Gasteiger partial charge in [-0.05, 0) is 65.6 Å². The molecular formula is C23H28O3. The molecule has 2 aromatic rings. The van der Waals surface area contributed by atoms with Crippen LogP contribution in [0.5, 0.6) is 11.5 Å². The van der Waals surface area contributed by atoms with Gasteiger partial charge in [-0.2, -0.15) is 0 Å². The van der Waals surface area contributed by atoms with Gasteiger partial charge in [-0.1, -0.05) is 44.2 Å². The average Bonchev–Trinajstić information content (AvgIpc) is 2.69. The Balaban J connectivity index is 2.05. The molecule has 3 unspecified atom stereocenters. The van der Waals surface area contributed by atoms with Crippen LogP contribution in [0.25, 0.3) is 5.57 Å². The molecule has 0 saturated heterocycles. The molecule has 0 spiro atoms. The fourth-order valence-electron chi connectivity index (χ4n) is 4.30. The summed E-state index contributed by atoms with van der Waals surface area (Å²) < 4.78 is 5.28. The molecule has 3 nitrogen and oxygen atoms in total. The third-order valence-corrected chi connectivity index (χ3v) is 6.09. The van der Waals surface area contributed by atoms with E-state index in [1.165, 1.54) is 11.1 Å². The highest BCUT2D eigenvalue weighted by Crippen LogP contribution is 2.49. The van der Waals surface area contributed by atoms with Gasteiger partial charge in [0.1, 0.15) is 11.5 Å². The quantitative estimate of drug-likeness (QED) is 0.814. The van der Waals surface area contributed by atoms with Gasteiger partial charge in [0.05, 0.1) is 13.7 Å². The van der Waals surface area contributed by atoms with E-state index in [1.807, 2.05) is 24.3 Å². The molecule has 2 N–H and O–H groups in total. The van der Waals surface area contributed by atoms with E-state index in [0.29, 0.717) is 11.8 Å². The molecule has 0 aliphatic heterocycles. The minimum Gasteiger partial charge on any atom is -0.508 e. The zero-order chi connectivity index (χ0) is 18.7. The number of aromatic hydroxyl groups is 1. The molecule has 1 aliphatic carbocycles. The Morgan fingerprint density at radius 1 is 1.08 bits per heavy atom. The van der Waals surface area contributed by atoms with Gasteiger partial charge in [-0.15, -0.1) is 0 Å². The number of aliphatic hydroxyl groups excluding tert-OH is 1. The molecule has 0 heterocycles. The van der Waals surface area contributed by atoms with Gasteiger partial charge >= 0.3 is 0 Å². The van der Waals surface area contributed by atoms with Crippen molar-refractivity contribution in [1.29, 1.82) is 0 Å². The Morgan fingerprint density at radius 2 is 1.73 bits per heavy atom. The molecule has 3 rings (SSSR count). The van der Waals surface area contributed by atoms with Gasteiger partial charge in [0.25, 0.3) is 0 Å². The molecule has 1 aliphatic rings.